The zero-order valence-electron chi connectivity index (χ0n) is 13.6. The summed E-state index contributed by atoms with van der Waals surface area (Å²) in [6.45, 7) is 0.165. The molecular weight excluding hydrogens is 461 g/mol. The second kappa shape index (κ2) is 8.20. The number of nitrogens with zero attached hydrogens (tertiary/aromatic N) is 2. The number of sulfonamides is 1. The van der Waals surface area contributed by atoms with Crippen molar-refractivity contribution in [1.82, 2.24) is 9.97 Å². The monoisotopic (exact) mass is 471 g/mol. The molecule has 0 amide bonds. The van der Waals surface area contributed by atoms with E-state index in [0.29, 0.717) is 4.60 Å². The molecule has 0 bridgehead atoms. The Hall–Kier alpha value is -2.23. The van der Waals surface area contributed by atoms with Gasteiger partial charge in [0.2, 0.25) is 5.82 Å². The number of ether oxygens (including phenoxy) is 1. The summed E-state index contributed by atoms with van der Waals surface area (Å²) in [6, 6.07) is 12.3. The molecule has 0 aliphatic rings. The lowest BCUT2D eigenvalue weighted by Crippen LogP contribution is -2.16. The molecule has 27 heavy (non-hydrogen) atoms. The van der Waals surface area contributed by atoms with Crippen molar-refractivity contribution < 1.29 is 17.5 Å². The van der Waals surface area contributed by atoms with E-state index >= 15 is 0 Å². The van der Waals surface area contributed by atoms with Crippen LogP contribution in [0.5, 0.6) is 5.88 Å². The molecule has 3 rings (SSSR count). The van der Waals surface area contributed by atoms with Gasteiger partial charge in [-0.05, 0) is 39.7 Å². The van der Waals surface area contributed by atoms with Gasteiger partial charge in [-0.3, -0.25) is 4.72 Å². The van der Waals surface area contributed by atoms with E-state index in [4.69, 9.17) is 16.3 Å². The second-order valence-corrected chi connectivity index (χ2v) is 8.17. The third-order valence-electron chi connectivity index (χ3n) is 3.34. The van der Waals surface area contributed by atoms with Crippen LogP contribution in [0.25, 0.3) is 0 Å². The molecule has 0 aliphatic carbocycles. The zero-order chi connectivity index (χ0) is 19.4. The van der Waals surface area contributed by atoms with Crippen LogP contribution in [0, 0.1) is 5.82 Å². The van der Waals surface area contributed by atoms with Gasteiger partial charge in [0.15, 0.2) is 0 Å². The molecule has 0 unspecified atom stereocenters. The van der Waals surface area contributed by atoms with Crippen LogP contribution in [-0.2, 0) is 16.6 Å². The molecule has 1 N–H and O–H groups in total. The molecule has 3 aromatic rings. The first-order valence-corrected chi connectivity index (χ1v) is 10.2. The normalized spacial score (nSPS) is 11.2. The molecule has 10 heteroatoms. The van der Waals surface area contributed by atoms with Crippen LogP contribution in [0.3, 0.4) is 0 Å². The summed E-state index contributed by atoms with van der Waals surface area (Å²) in [5, 5.41) is -0.251. The number of anilines is 1. The van der Waals surface area contributed by atoms with Crippen LogP contribution < -0.4 is 9.46 Å². The zero-order valence-corrected chi connectivity index (χ0v) is 16.7. The van der Waals surface area contributed by atoms with E-state index in [1.807, 2.05) is 30.3 Å². The highest BCUT2D eigenvalue weighted by molar-refractivity contribution is 9.10. The van der Waals surface area contributed by atoms with Gasteiger partial charge in [0.1, 0.15) is 21.9 Å². The molecule has 0 radical (unpaired) electrons. The predicted octanol–water partition coefficient (Wildman–Crippen LogP) is 4.41. The lowest BCUT2D eigenvalue weighted by Gasteiger charge is -2.13. The van der Waals surface area contributed by atoms with Gasteiger partial charge in [-0.25, -0.2) is 22.8 Å². The first-order chi connectivity index (χ1) is 12.8. The minimum atomic E-state index is -4.13. The number of halogens is 3. The summed E-state index contributed by atoms with van der Waals surface area (Å²) in [7, 11) is -4.13. The van der Waals surface area contributed by atoms with Crippen molar-refractivity contribution in [3.05, 3.63) is 75.7 Å². The number of benzene rings is 2. The van der Waals surface area contributed by atoms with Crippen LogP contribution in [0.4, 0.5) is 10.2 Å². The number of rotatable bonds is 6. The fourth-order valence-electron chi connectivity index (χ4n) is 2.12. The number of nitrogens with one attached hydrogen (secondary N) is 1. The average molecular weight is 473 g/mol. The van der Waals surface area contributed by atoms with Gasteiger partial charge >= 0.3 is 0 Å². The predicted molar refractivity (Wildman–Crippen MR) is 103 cm³/mol. The van der Waals surface area contributed by atoms with Crippen LogP contribution in [0.2, 0.25) is 5.02 Å². The van der Waals surface area contributed by atoms with E-state index < -0.39 is 15.8 Å². The van der Waals surface area contributed by atoms with Crippen molar-refractivity contribution in [3.63, 3.8) is 0 Å². The van der Waals surface area contributed by atoms with E-state index in [0.717, 1.165) is 23.8 Å². The van der Waals surface area contributed by atoms with E-state index in [1.165, 1.54) is 6.20 Å². The molecule has 0 saturated carbocycles. The fourth-order valence-corrected chi connectivity index (χ4v) is 3.93. The highest BCUT2D eigenvalue weighted by atomic mass is 79.9. The SMILES string of the molecule is O=S(=O)(Nc1ncc(Br)nc1OCc1ccccc1)c1ccc(F)cc1Cl. The molecule has 0 saturated heterocycles. The van der Waals surface area contributed by atoms with Gasteiger partial charge in [0.25, 0.3) is 15.9 Å². The van der Waals surface area contributed by atoms with Gasteiger partial charge in [-0.15, -0.1) is 0 Å². The van der Waals surface area contributed by atoms with Gasteiger partial charge in [-0.2, -0.15) is 0 Å². The molecule has 0 atom stereocenters. The smallest absolute Gasteiger partial charge is 0.264 e. The molecular formula is C17H12BrClFN3O3S. The average Bonchev–Trinajstić information content (AvgIpc) is 2.62. The van der Waals surface area contributed by atoms with Crippen LogP contribution in [0.1, 0.15) is 5.56 Å². The van der Waals surface area contributed by atoms with Gasteiger partial charge in [-0.1, -0.05) is 41.9 Å². The quantitative estimate of drug-likeness (QED) is 0.575. The number of hydrogen-bond acceptors (Lipinski definition) is 5. The second-order valence-electron chi connectivity index (χ2n) is 5.30. The van der Waals surface area contributed by atoms with Crippen molar-refractivity contribution in [2.24, 2.45) is 0 Å². The lowest BCUT2D eigenvalue weighted by atomic mass is 10.2. The molecule has 1 heterocycles. The Balaban J connectivity index is 1.88. The van der Waals surface area contributed by atoms with Gasteiger partial charge < -0.3 is 4.74 Å². The summed E-state index contributed by atoms with van der Waals surface area (Å²) in [5.41, 5.74) is 0.870. The van der Waals surface area contributed by atoms with Crippen LogP contribution in [-0.4, -0.2) is 18.4 Å². The summed E-state index contributed by atoms with van der Waals surface area (Å²) in [4.78, 5) is 7.83. The van der Waals surface area contributed by atoms with Crippen molar-refractivity contribution in [2.75, 3.05) is 4.72 Å². The standard InChI is InChI=1S/C17H12BrClFN3O3S/c18-15-9-21-16(17(22-15)26-10-11-4-2-1-3-5-11)23-27(24,25)14-7-6-12(20)8-13(14)19/h1-9H,10H2,(H,21,23). The minimum Gasteiger partial charge on any atom is -0.470 e. The Kier molecular flexibility index (Phi) is 5.93. The Morgan fingerprint density at radius 1 is 1.19 bits per heavy atom. The molecule has 1 aromatic heterocycles. The van der Waals surface area contributed by atoms with Crippen LogP contribution >= 0.6 is 27.5 Å². The molecule has 6 nitrogen and oxygen atoms in total. The van der Waals surface area contributed by atoms with Crippen LogP contribution in [0.15, 0.2) is 64.2 Å². The molecule has 140 valence electrons. The number of hydrogen-bond donors (Lipinski definition) is 1. The lowest BCUT2D eigenvalue weighted by molar-refractivity contribution is 0.294. The van der Waals surface area contributed by atoms with E-state index in [1.54, 1.807) is 0 Å². The summed E-state index contributed by atoms with van der Waals surface area (Å²) in [6.07, 6.45) is 1.32. The summed E-state index contributed by atoms with van der Waals surface area (Å²) >= 11 is 9.03. The summed E-state index contributed by atoms with van der Waals surface area (Å²) < 4.78 is 46.6. The van der Waals surface area contributed by atoms with Gasteiger partial charge in [0, 0.05) is 0 Å². The molecule has 0 spiro atoms. The maximum Gasteiger partial charge on any atom is 0.264 e. The first kappa shape index (κ1) is 19.5. The first-order valence-electron chi connectivity index (χ1n) is 7.52. The van der Waals surface area contributed by atoms with Gasteiger partial charge in [0.05, 0.1) is 11.2 Å². The Morgan fingerprint density at radius 2 is 1.93 bits per heavy atom. The summed E-state index contributed by atoms with van der Waals surface area (Å²) in [5.74, 6) is -0.779. The van der Waals surface area contributed by atoms with Crippen molar-refractivity contribution >= 4 is 43.4 Å². The highest BCUT2D eigenvalue weighted by Gasteiger charge is 2.22. The topological polar surface area (TPSA) is 81.2 Å². The van der Waals surface area contributed by atoms with E-state index in [-0.39, 0.29) is 28.2 Å². The highest BCUT2D eigenvalue weighted by Crippen LogP contribution is 2.28. The largest absolute Gasteiger partial charge is 0.470 e. The Morgan fingerprint density at radius 3 is 2.63 bits per heavy atom. The molecule has 0 fully saturated rings. The maximum atomic E-state index is 13.2. The maximum absolute atomic E-state index is 13.2. The van der Waals surface area contributed by atoms with Crippen molar-refractivity contribution in [1.29, 1.82) is 0 Å². The fraction of sp³-hybridized carbons (Fsp3) is 0.0588. The Labute approximate surface area is 168 Å². The Bertz CT molecular complexity index is 1070. The molecule has 0 aliphatic heterocycles. The van der Waals surface area contributed by atoms with Crippen molar-refractivity contribution in [2.45, 2.75) is 11.5 Å². The third kappa shape index (κ3) is 4.94. The van der Waals surface area contributed by atoms with Crippen molar-refractivity contribution in [3.8, 4) is 5.88 Å². The molecule has 2 aromatic carbocycles. The van der Waals surface area contributed by atoms with E-state index in [2.05, 4.69) is 30.6 Å². The minimum absolute atomic E-state index is 0.0185. The van der Waals surface area contributed by atoms with E-state index in [9.17, 15) is 12.8 Å². The third-order valence-corrected chi connectivity index (χ3v) is 5.55. The number of aromatic nitrogens is 2.